The van der Waals surface area contributed by atoms with Crippen LogP contribution in [0.25, 0.3) is 0 Å². The van der Waals surface area contributed by atoms with Gasteiger partial charge >= 0.3 is 0 Å². The minimum absolute atomic E-state index is 0.185. The molecule has 0 radical (unpaired) electrons. The number of piperidine rings is 1. The molecule has 3 saturated heterocycles. The Balaban J connectivity index is 1.56. The molecule has 3 aliphatic rings. The van der Waals surface area contributed by atoms with E-state index in [1.54, 1.807) is 14.1 Å². The third-order valence-electron chi connectivity index (χ3n) is 5.59. The van der Waals surface area contributed by atoms with E-state index in [0.717, 1.165) is 13.1 Å². The third-order valence-corrected chi connectivity index (χ3v) is 7.47. The molecule has 25 heavy (non-hydrogen) atoms. The Bertz CT molecular complexity index is 581. The quantitative estimate of drug-likeness (QED) is 0.668. The van der Waals surface area contributed by atoms with E-state index in [0.29, 0.717) is 52.2 Å². The van der Waals surface area contributed by atoms with E-state index in [-0.39, 0.29) is 5.91 Å². The zero-order chi connectivity index (χ0) is 18.1. The molecule has 1 spiro atoms. The summed E-state index contributed by atoms with van der Waals surface area (Å²) in [5.41, 5.74) is -0.453. The second kappa shape index (κ2) is 7.48. The summed E-state index contributed by atoms with van der Waals surface area (Å²) in [6, 6.07) is 0. The number of likely N-dealkylation sites (tertiary alicyclic amines) is 2. The Hall–Kier alpha value is -0.740. The number of hydrogen-bond acceptors (Lipinski definition) is 5. The van der Waals surface area contributed by atoms with E-state index in [9.17, 15) is 13.2 Å². The Morgan fingerprint density at radius 3 is 2.32 bits per heavy atom. The van der Waals surface area contributed by atoms with E-state index in [1.165, 1.54) is 21.5 Å². The first-order chi connectivity index (χ1) is 11.8. The van der Waals surface area contributed by atoms with E-state index >= 15 is 0 Å². The van der Waals surface area contributed by atoms with Crippen LogP contribution in [0.3, 0.4) is 0 Å². The van der Waals surface area contributed by atoms with Gasteiger partial charge in [-0.25, -0.2) is 0 Å². The molecule has 9 heteroatoms. The fourth-order valence-electron chi connectivity index (χ4n) is 3.94. The van der Waals surface area contributed by atoms with Crippen LogP contribution in [0.5, 0.6) is 0 Å². The maximum atomic E-state index is 12.5. The molecular weight excluding hydrogens is 344 g/mol. The average Bonchev–Trinajstić information content (AvgIpc) is 3.08. The molecule has 3 fully saturated rings. The van der Waals surface area contributed by atoms with E-state index in [4.69, 9.17) is 4.74 Å². The first-order valence-electron chi connectivity index (χ1n) is 9.14. The summed E-state index contributed by atoms with van der Waals surface area (Å²) in [6.45, 7) is 5.00. The van der Waals surface area contributed by atoms with Crippen molar-refractivity contribution in [3.8, 4) is 0 Å². The van der Waals surface area contributed by atoms with Gasteiger partial charge in [0.25, 0.3) is 10.2 Å². The minimum atomic E-state index is -3.42. The van der Waals surface area contributed by atoms with Gasteiger partial charge in [-0.1, -0.05) is 0 Å². The van der Waals surface area contributed by atoms with Gasteiger partial charge in [0.15, 0.2) is 0 Å². The van der Waals surface area contributed by atoms with Crippen LogP contribution in [0.15, 0.2) is 0 Å². The van der Waals surface area contributed by atoms with Crippen molar-refractivity contribution in [1.82, 2.24) is 18.4 Å². The SMILES string of the molecule is CN(C)S(=O)(=O)N1CCOC2(CCN(C(=O)CN3CCCC3)CC2)C1. The fraction of sp³-hybridized carbons (Fsp3) is 0.938. The fourth-order valence-corrected chi connectivity index (χ4v) is 5.10. The summed E-state index contributed by atoms with van der Waals surface area (Å²) in [5.74, 6) is 0.185. The number of carbonyl (C=O) groups excluding carboxylic acids is 1. The first kappa shape index (κ1) is 19.0. The Kier molecular flexibility index (Phi) is 5.69. The highest BCUT2D eigenvalue weighted by atomic mass is 32.2. The van der Waals surface area contributed by atoms with Gasteiger partial charge in [-0.05, 0) is 38.8 Å². The van der Waals surface area contributed by atoms with Gasteiger partial charge in [0.1, 0.15) is 0 Å². The molecule has 144 valence electrons. The van der Waals surface area contributed by atoms with Crippen molar-refractivity contribution in [1.29, 1.82) is 0 Å². The molecule has 0 N–H and O–H groups in total. The number of nitrogens with zero attached hydrogens (tertiary/aromatic N) is 4. The van der Waals surface area contributed by atoms with Gasteiger partial charge < -0.3 is 9.64 Å². The molecule has 0 aromatic carbocycles. The lowest BCUT2D eigenvalue weighted by atomic mass is 9.90. The molecule has 3 heterocycles. The van der Waals surface area contributed by atoms with Gasteiger partial charge in [0.2, 0.25) is 5.91 Å². The lowest BCUT2D eigenvalue weighted by molar-refractivity contribution is -0.145. The van der Waals surface area contributed by atoms with Gasteiger partial charge in [-0.15, -0.1) is 0 Å². The van der Waals surface area contributed by atoms with Crippen LogP contribution in [-0.2, 0) is 19.7 Å². The van der Waals surface area contributed by atoms with Crippen LogP contribution in [0.4, 0.5) is 0 Å². The summed E-state index contributed by atoms with van der Waals surface area (Å²) in [7, 11) is -0.316. The number of carbonyl (C=O) groups is 1. The largest absolute Gasteiger partial charge is 0.372 e. The summed E-state index contributed by atoms with van der Waals surface area (Å²) in [4.78, 5) is 16.6. The molecule has 1 amide bonds. The standard InChI is InChI=1S/C16H30N4O4S/c1-17(2)25(22,23)20-11-12-24-16(14-20)5-9-19(10-6-16)15(21)13-18-7-3-4-8-18/h3-14H2,1-2H3. The van der Waals surface area contributed by atoms with Crippen LogP contribution in [0.2, 0.25) is 0 Å². The smallest absolute Gasteiger partial charge is 0.281 e. The molecule has 0 saturated carbocycles. The lowest BCUT2D eigenvalue weighted by Gasteiger charge is -2.47. The Morgan fingerprint density at radius 1 is 1.08 bits per heavy atom. The number of morpholine rings is 1. The second-order valence-corrected chi connectivity index (χ2v) is 9.66. The normalized spacial score (nSPS) is 25.8. The van der Waals surface area contributed by atoms with E-state index < -0.39 is 15.8 Å². The summed E-state index contributed by atoms with van der Waals surface area (Å²) < 4.78 is 33.6. The Morgan fingerprint density at radius 2 is 1.72 bits per heavy atom. The molecule has 0 unspecified atom stereocenters. The average molecular weight is 375 g/mol. The monoisotopic (exact) mass is 374 g/mol. The van der Waals surface area contributed by atoms with Gasteiger partial charge in [-0.2, -0.15) is 17.0 Å². The van der Waals surface area contributed by atoms with Crippen molar-refractivity contribution >= 4 is 16.1 Å². The van der Waals surface area contributed by atoms with Gasteiger partial charge in [0.05, 0.1) is 18.8 Å². The van der Waals surface area contributed by atoms with E-state index in [1.807, 2.05) is 4.90 Å². The maximum absolute atomic E-state index is 12.5. The topological polar surface area (TPSA) is 73.4 Å². The van der Waals surface area contributed by atoms with Crippen molar-refractivity contribution in [2.45, 2.75) is 31.3 Å². The zero-order valence-corrected chi connectivity index (χ0v) is 16.1. The number of rotatable bonds is 4. The molecule has 3 rings (SSSR count). The zero-order valence-electron chi connectivity index (χ0n) is 15.3. The molecular formula is C16H30N4O4S. The highest BCUT2D eigenvalue weighted by Gasteiger charge is 2.44. The van der Waals surface area contributed by atoms with Crippen LogP contribution in [-0.4, -0.2) is 105 Å². The molecule has 0 atom stereocenters. The minimum Gasteiger partial charge on any atom is -0.372 e. The van der Waals surface area contributed by atoms with E-state index in [2.05, 4.69) is 4.90 Å². The molecule has 3 aliphatic heterocycles. The summed E-state index contributed by atoms with van der Waals surface area (Å²) in [6.07, 6.45) is 3.75. The van der Waals surface area contributed by atoms with Crippen molar-refractivity contribution in [2.24, 2.45) is 0 Å². The van der Waals surface area contributed by atoms with Crippen molar-refractivity contribution < 1.29 is 17.9 Å². The van der Waals surface area contributed by atoms with Crippen LogP contribution in [0, 0.1) is 0 Å². The highest BCUT2D eigenvalue weighted by Crippen LogP contribution is 2.31. The number of hydrogen-bond donors (Lipinski definition) is 0. The molecule has 0 bridgehead atoms. The maximum Gasteiger partial charge on any atom is 0.281 e. The van der Waals surface area contributed by atoms with Crippen molar-refractivity contribution in [3.05, 3.63) is 0 Å². The molecule has 0 aromatic rings. The van der Waals surface area contributed by atoms with Crippen molar-refractivity contribution in [2.75, 3.05) is 66.5 Å². The molecule has 8 nitrogen and oxygen atoms in total. The number of ether oxygens (including phenoxy) is 1. The van der Waals surface area contributed by atoms with Crippen LogP contribution in [0.1, 0.15) is 25.7 Å². The van der Waals surface area contributed by atoms with Gasteiger partial charge in [-0.3, -0.25) is 9.69 Å². The molecule has 0 aromatic heterocycles. The van der Waals surface area contributed by atoms with Gasteiger partial charge in [0, 0.05) is 40.3 Å². The second-order valence-electron chi connectivity index (χ2n) is 7.52. The third kappa shape index (κ3) is 4.16. The summed E-state index contributed by atoms with van der Waals surface area (Å²) >= 11 is 0. The van der Waals surface area contributed by atoms with Crippen molar-refractivity contribution in [3.63, 3.8) is 0 Å². The van der Waals surface area contributed by atoms with Crippen LogP contribution < -0.4 is 0 Å². The first-order valence-corrected chi connectivity index (χ1v) is 10.5. The number of amides is 1. The highest BCUT2D eigenvalue weighted by molar-refractivity contribution is 7.86. The Labute approximate surface area is 150 Å². The molecule has 0 aliphatic carbocycles. The van der Waals surface area contributed by atoms with Crippen LogP contribution >= 0.6 is 0 Å². The lowest BCUT2D eigenvalue weighted by Crippen LogP contribution is -2.60. The summed E-state index contributed by atoms with van der Waals surface area (Å²) in [5, 5.41) is 0. The predicted octanol–water partition coefficient (Wildman–Crippen LogP) is -0.418. The predicted molar refractivity (Wildman–Crippen MR) is 94.4 cm³/mol.